The molecule has 2 aromatic carbocycles. The Kier molecular flexibility index (Phi) is 6.24. The highest BCUT2D eigenvalue weighted by Crippen LogP contribution is 2.31. The molecule has 1 amide bonds. The van der Waals surface area contributed by atoms with Gasteiger partial charge in [0, 0.05) is 28.7 Å². The van der Waals surface area contributed by atoms with Crippen molar-refractivity contribution in [3.63, 3.8) is 0 Å². The Labute approximate surface area is 165 Å². The molecule has 0 aromatic heterocycles. The lowest BCUT2D eigenvalue weighted by atomic mass is 10.1. The van der Waals surface area contributed by atoms with Crippen LogP contribution in [0.15, 0.2) is 42.5 Å². The lowest BCUT2D eigenvalue weighted by Crippen LogP contribution is -2.34. The molecular weight excluding hydrogens is 364 g/mol. The van der Waals surface area contributed by atoms with Crippen LogP contribution in [0.3, 0.4) is 0 Å². The van der Waals surface area contributed by atoms with Crippen LogP contribution < -0.4 is 15.2 Å². The molecule has 1 aliphatic rings. The van der Waals surface area contributed by atoms with Crippen molar-refractivity contribution in [1.29, 1.82) is 0 Å². The molecule has 1 fully saturated rings. The molecule has 1 saturated heterocycles. The van der Waals surface area contributed by atoms with Crippen molar-refractivity contribution in [2.24, 2.45) is 11.7 Å². The Hall–Kier alpha value is -2.24. The highest BCUT2D eigenvalue weighted by atomic mass is 35.5. The van der Waals surface area contributed by atoms with Gasteiger partial charge in [0.05, 0.1) is 7.11 Å². The van der Waals surface area contributed by atoms with Gasteiger partial charge < -0.3 is 20.1 Å². The highest BCUT2D eigenvalue weighted by Gasteiger charge is 2.32. The summed E-state index contributed by atoms with van der Waals surface area (Å²) in [7, 11) is 1.56. The molecule has 6 heteroatoms. The molecule has 1 aliphatic heterocycles. The maximum absolute atomic E-state index is 12.9. The third-order valence-electron chi connectivity index (χ3n) is 5.01. The van der Waals surface area contributed by atoms with Gasteiger partial charge in [-0.1, -0.05) is 29.8 Å². The fourth-order valence-corrected chi connectivity index (χ4v) is 3.64. The average Bonchev–Trinajstić information content (AvgIpc) is 3.07. The van der Waals surface area contributed by atoms with Crippen LogP contribution in [-0.2, 0) is 6.61 Å². The molecule has 144 valence electrons. The standard InChI is InChI=1S/C21H25ClN2O3/c1-14-9-15(11-23)12-24(14)21(25)16-7-8-19(20(10-16)26-2)27-13-17-5-3-4-6-18(17)22/h3-8,10,14-15H,9,11-13,23H2,1-2H3. The quantitative estimate of drug-likeness (QED) is 0.818. The van der Waals surface area contributed by atoms with Gasteiger partial charge in [0.2, 0.25) is 0 Å². The Morgan fingerprint density at radius 2 is 2.04 bits per heavy atom. The van der Waals surface area contributed by atoms with Crippen LogP contribution in [0, 0.1) is 5.92 Å². The fraction of sp³-hybridized carbons (Fsp3) is 0.381. The van der Waals surface area contributed by atoms with E-state index in [0.29, 0.717) is 47.7 Å². The summed E-state index contributed by atoms with van der Waals surface area (Å²) in [5, 5.41) is 0.653. The van der Waals surface area contributed by atoms with Gasteiger partial charge in [0.25, 0.3) is 5.91 Å². The van der Waals surface area contributed by atoms with Gasteiger partial charge in [0.1, 0.15) is 6.61 Å². The second-order valence-electron chi connectivity index (χ2n) is 6.89. The number of nitrogens with two attached hydrogens (primary N) is 1. The van der Waals surface area contributed by atoms with E-state index in [2.05, 4.69) is 6.92 Å². The SMILES string of the molecule is COc1cc(C(=O)N2CC(CN)CC2C)ccc1OCc1ccccc1Cl. The fourth-order valence-electron chi connectivity index (χ4n) is 3.45. The van der Waals surface area contributed by atoms with E-state index in [0.717, 1.165) is 12.0 Å². The van der Waals surface area contributed by atoms with Crippen LogP contribution in [0.4, 0.5) is 0 Å². The van der Waals surface area contributed by atoms with Crippen molar-refractivity contribution in [3.8, 4) is 11.5 Å². The van der Waals surface area contributed by atoms with E-state index in [1.807, 2.05) is 29.2 Å². The summed E-state index contributed by atoms with van der Waals surface area (Å²) < 4.78 is 11.3. The number of methoxy groups -OCH3 is 1. The summed E-state index contributed by atoms with van der Waals surface area (Å²) in [6, 6.07) is 13.0. The van der Waals surface area contributed by atoms with E-state index in [1.54, 1.807) is 25.3 Å². The van der Waals surface area contributed by atoms with E-state index in [1.165, 1.54) is 0 Å². The predicted octanol–water partition coefficient (Wildman–Crippen LogP) is 3.74. The lowest BCUT2D eigenvalue weighted by Gasteiger charge is -2.22. The largest absolute Gasteiger partial charge is 0.493 e. The Balaban J connectivity index is 1.74. The molecule has 0 spiro atoms. The van der Waals surface area contributed by atoms with Crippen LogP contribution in [0.5, 0.6) is 11.5 Å². The molecular formula is C21H25ClN2O3. The van der Waals surface area contributed by atoms with Crippen LogP contribution in [0.2, 0.25) is 5.02 Å². The van der Waals surface area contributed by atoms with Gasteiger partial charge in [-0.05, 0) is 50.1 Å². The number of rotatable bonds is 6. The van der Waals surface area contributed by atoms with Gasteiger partial charge >= 0.3 is 0 Å². The van der Waals surface area contributed by atoms with E-state index in [4.69, 9.17) is 26.8 Å². The second-order valence-corrected chi connectivity index (χ2v) is 7.30. The number of carbonyl (C=O) groups excluding carboxylic acids is 1. The minimum Gasteiger partial charge on any atom is -0.493 e. The summed E-state index contributed by atoms with van der Waals surface area (Å²) in [6.45, 7) is 3.69. The third kappa shape index (κ3) is 4.37. The number of nitrogens with zero attached hydrogens (tertiary/aromatic N) is 1. The second kappa shape index (κ2) is 8.63. The summed E-state index contributed by atoms with van der Waals surface area (Å²) in [4.78, 5) is 14.8. The summed E-state index contributed by atoms with van der Waals surface area (Å²) in [6.07, 6.45) is 0.943. The Bertz CT molecular complexity index is 812. The summed E-state index contributed by atoms with van der Waals surface area (Å²) in [5.74, 6) is 1.46. The maximum Gasteiger partial charge on any atom is 0.254 e. The van der Waals surface area contributed by atoms with E-state index >= 15 is 0 Å². The number of hydrogen-bond acceptors (Lipinski definition) is 4. The van der Waals surface area contributed by atoms with Crippen LogP contribution in [0.25, 0.3) is 0 Å². The molecule has 2 atom stereocenters. The van der Waals surface area contributed by atoms with E-state index < -0.39 is 0 Å². The normalized spacial score (nSPS) is 19.2. The van der Waals surface area contributed by atoms with Crippen LogP contribution >= 0.6 is 11.6 Å². The zero-order valence-electron chi connectivity index (χ0n) is 15.7. The summed E-state index contributed by atoms with van der Waals surface area (Å²) in [5.41, 5.74) is 7.24. The molecule has 3 rings (SSSR count). The van der Waals surface area contributed by atoms with Crippen molar-refractivity contribution in [3.05, 3.63) is 58.6 Å². The molecule has 2 aromatic rings. The minimum absolute atomic E-state index is 0.00518. The molecule has 0 saturated carbocycles. The van der Waals surface area contributed by atoms with E-state index in [9.17, 15) is 4.79 Å². The number of amides is 1. The first-order valence-corrected chi connectivity index (χ1v) is 9.46. The van der Waals surface area contributed by atoms with Gasteiger partial charge in [-0.15, -0.1) is 0 Å². The average molecular weight is 389 g/mol. The van der Waals surface area contributed by atoms with Gasteiger partial charge in [0.15, 0.2) is 11.5 Å². The molecule has 1 heterocycles. The molecule has 0 radical (unpaired) electrons. The molecule has 2 N–H and O–H groups in total. The first-order valence-electron chi connectivity index (χ1n) is 9.08. The van der Waals surface area contributed by atoms with Crippen LogP contribution in [0.1, 0.15) is 29.3 Å². The van der Waals surface area contributed by atoms with Gasteiger partial charge in [-0.25, -0.2) is 0 Å². The minimum atomic E-state index is -0.00518. The molecule has 5 nitrogen and oxygen atoms in total. The van der Waals surface area contributed by atoms with Crippen LogP contribution in [-0.4, -0.2) is 37.0 Å². The molecule has 2 unspecified atom stereocenters. The molecule has 0 bridgehead atoms. The van der Waals surface area contributed by atoms with Gasteiger partial charge in [-0.3, -0.25) is 4.79 Å². The zero-order chi connectivity index (χ0) is 19.4. The number of carbonyl (C=O) groups is 1. The number of halogens is 1. The Morgan fingerprint density at radius 1 is 1.26 bits per heavy atom. The smallest absolute Gasteiger partial charge is 0.254 e. The van der Waals surface area contributed by atoms with Gasteiger partial charge in [-0.2, -0.15) is 0 Å². The van der Waals surface area contributed by atoms with E-state index in [-0.39, 0.29) is 11.9 Å². The van der Waals surface area contributed by atoms with Crippen molar-refractivity contribution in [2.75, 3.05) is 20.2 Å². The molecule has 0 aliphatic carbocycles. The number of ether oxygens (including phenoxy) is 2. The monoisotopic (exact) mass is 388 g/mol. The summed E-state index contributed by atoms with van der Waals surface area (Å²) >= 11 is 6.17. The first kappa shape index (κ1) is 19.5. The number of hydrogen-bond donors (Lipinski definition) is 1. The van der Waals surface area contributed by atoms with Crippen molar-refractivity contribution in [2.45, 2.75) is 26.0 Å². The van der Waals surface area contributed by atoms with Crippen molar-refractivity contribution >= 4 is 17.5 Å². The Morgan fingerprint density at radius 3 is 2.70 bits per heavy atom. The van der Waals surface area contributed by atoms with Crippen molar-refractivity contribution < 1.29 is 14.3 Å². The first-order chi connectivity index (χ1) is 13.0. The maximum atomic E-state index is 12.9. The third-order valence-corrected chi connectivity index (χ3v) is 5.38. The number of benzene rings is 2. The van der Waals surface area contributed by atoms with Crippen molar-refractivity contribution in [1.82, 2.24) is 4.90 Å². The topological polar surface area (TPSA) is 64.8 Å². The lowest BCUT2D eigenvalue weighted by molar-refractivity contribution is 0.0743. The molecule has 27 heavy (non-hydrogen) atoms. The predicted molar refractivity (Wildman–Crippen MR) is 106 cm³/mol. The highest BCUT2D eigenvalue weighted by molar-refractivity contribution is 6.31. The zero-order valence-corrected chi connectivity index (χ0v) is 16.4. The number of likely N-dealkylation sites (tertiary alicyclic amines) is 1.